The first-order chi connectivity index (χ1) is 26.7. The van der Waals surface area contributed by atoms with Crippen molar-refractivity contribution in [3.8, 4) is 39.9 Å². The van der Waals surface area contributed by atoms with Crippen molar-refractivity contribution in [2.75, 3.05) is 0 Å². The molecule has 0 aliphatic carbocycles. The molecule has 10 aromatic rings. The summed E-state index contributed by atoms with van der Waals surface area (Å²) in [7, 11) is -2.92. The van der Waals surface area contributed by atoms with E-state index in [1.807, 2.05) is 48.8 Å². The maximum absolute atomic E-state index is 5.45. The molecule has 1 aliphatic heterocycles. The van der Waals surface area contributed by atoms with E-state index in [1.165, 1.54) is 21.2 Å². The van der Waals surface area contributed by atoms with Gasteiger partial charge < -0.3 is 0 Å². The average molecular weight is 708 g/mol. The summed E-state index contributed by atoms with van der Waals surface area (Å²) >= 11 is 0. The third-order valence-electron chi connectivity index (χ3n) is 10.6. The highest BCUT2D eigenvalue weighted by molar-refractivity contribution is 7.20. The van der Waals surface area contributed by atoms with Crippen molar-refractivity contribution in [3.63, 3.8) is 0 Å². The Hall–Kier alpha value is -7.16. The lowest BCUT2D eigenvalue weighted by atomic mass is 10.1. The summed E-state index contributed by atoms with van der Waals surface area (Å²) in [5.41, 5.74) is 8.94. The standard InChI is InChI=1S/C46H29N7Si/c1-2-14-35(15-3-1)54(42-20-7-6-19-41(42)53-40-18-5-4-17-39(40)49-46(53)54)36-16-8-11-32(29-36)43-50-44(33-21-23-37-30(27-33)12-9-25-47-37)52-45(51-43)34-22-24-38-31(28-34)13-10-26-48-38/h1-29H. The number of nitrogens with zero attached hydrogens (tertiary/aromatic N) is 7. The van der Waals surface area contributed by atoms with Gasteiger partial charge in [-0.15, -0.1) is 0 Å². The Morgan fingerprint density at radius 3 is 1.70 bits per heavy atom. The molecule has 5 heterocycles. The molecule has 1 unspecified atom stereocenters. The van der Waals surface area contributed by atoms with Gasteiger partial charge in [-0.1, -0.05) is 97.1 Å². The molecule has 4 aromatic heterocycles. The van der Waals surface area contributed by atoms with Gasteiger partial charge in [0.15, 0.2) is 17.5 Å². The van der Waals surface area contributed by atoms with E-state index < -0.39 is 8.07 Å². The molecule has 0 N–H and O–H groups in total. The predicted molar refractivity (Wildman–Crippen MR) is 219 cm³/mol. The molecule has 0 bridgehead atoms. The Morgan fingerprint density at radius 2 is 1.00 bits per heavy atom. The zero-order valence-corrected chi connectivity index (χ0v) is 29.9. The van der Waals surface area contributed by atoms with Crippen molar-refractivity contribution in [2.24, 2.45) is 0 Å². The highest BCUT2D eigenvalue weighted by Gasteiger charge is 2.51. The second kappa shape index (κ2) is 11.9. The Bertz CT molecular complexity index is 2990. The topological polar surface area (TPSA) is 82.3 Å². The fourth-order valence-electron chi connectivity index (χ4n) is 8.14. The van der Waals surface area contributed by atoms with Crippen LogP contribution in [-0.4, -0.2) is 42.5 Å². The number of hydrogen-bond donors (Lipinski definition) is 0. The summed E-state index contributed by atoms with van der Waals surface area (Å²) in [4.78, 5) is 30.0. The number of fused-ring (bicyclic) bond motifs is 7. The molecule has 252 valence electrons. The summed E-state index contributed by atoms with van der Waals surface area (Å²) in [6.45, 7) is 0. The minimum Gasteiger partial charge on any atom is -0.299 e. The van der Waals surface area contributed by atoms with Gasteiger partial charge in [0.1, 0.15) is 5.45 Å². The van der Waals surface area contributed by atoms with Gasteiger partial charge in [-0.2, -0.15) is 0 Å². The lowest BCUT2D eigenvalue weighted by molar-refractivity contribution is 1.08. The first kappa shape index (κ1) is 30.5. The molecule has 8 heteroatoms. The van der Waals surface area contributed by atoms with E-state index in [2.05, 4.69) is 142 Å². The first-order valence-electron chi connectivity index (χ1n) is 17.9. The fraction of sp³-hybridized carbons (Fsp3) is 0. The van der Waals surface area contributed by atoms with E-state index in [9.17, 15) is 0 Å². The highest BCUT2D eigenvalue weighted by Crippen LogP contribution is 2.30. The fourth-order valence-corrected chi connectivity index (χ4v) is 13.0. The Morgan fingerprint density at radius 1 is 0.407 bits per heavy atom. The normalized spacial score (nSPS) is 14.7. The van der Waals surface area contributed by atoms with Gasteiger partial charge in [0, 0.05) is 45.5 Å². The highest BCUT2D eigenvalue weighted by atomic mass is 28.3. The molecule has 0 radical (unpaired) electrons. The van der Waals surface area contributed by atoms with Crippen LogP contribution in [-0.2, 0) is 0 Å². The summed E-state index contributed by atoms with van der Waals surface area (Å²) in [6, 6.07) is 57.4. The van der Waals surface area contributed by atoms with Crippen molar-refractivity contribution in [3.05, 3.63) is 176 Å². The van der Waals surface area contributed by atoms with Gasteiger partial charge in [0.25, 0.3) is 0 Å². The Balaban J connectivity index is 1.16. The maximum Gasteiger partial charge on any atom is 0.226 e. The molecule has 1 aliphatic rings. The number of rotatable bonds is 5. The quantitative estimate of drug-likeness (QED) is 0.179. The predicted octanol–water partition coefficient (Wildman–Crippen LogP) is 7.00. The van der Waals surface area contributed by atoms with E-state index in [0.29, 0.717) is 17.5 Å². The van der Waals surface area contributed by atoms with Crippen LogP contribution in [0.2, 0.25) is 0 Å². The van der Waals surface area contributed by atoms with Crippen LogP contribution < -0.4 is 21.0 Å². The number of hydrogen-bond acceptors (Lipinski definition) is 6. The molecular formula is C46H29N7Si. The lowest BCUT2D eigenvalue weighted by Crippen LogP contribution is -2.73. The van der Waals surface area contributed by atoms with Crippen LogP contribution in [0, 0.1) is 0 Å². The van der Waals surface area contributed by atoms with Gasteiger partial charge in [0.2, 0.25) is 8.07 Å². The van der Waals surface area contributed by atoms with Crippen LogP contribution in [0.5, 0.6) is 0 Å². The Kier molecular flexibility index (Phi) is 6.74. The van der Waals surface area contributed by atoms with Crippen LogP contribution >= 0.6 is 0 Å². The number of benzene rings is 6. The largest absolute Gasteiger partial charge is 0.299 e. The minimum atomic E-state index is -2.92. The van der Waals surface area contributed by atoms with Crippen molar-refractivity contribution >= 4 is 61.9 Å². The molecule has 0 fully saturated rings. The van der Waals surface area contributed by atoms with Gasteiger partial charge in [0.05, 0.1) is 22.1 Å². The summed E-state index contributed by atoms with van der Waals surface area (Å²) in [6.07, 6.45) is 3.62. The van der Waals surface area contributed by atoms with Crippen LogP contribution in [0.3, 0.4) is 0 Å². The monoisotopic (exact) mass is 707 g/mol. The molecule has 0 amide bonds. The van der Waals surface area contributed by atoms with E-state index >= 15 is 0 Å². The second-order valence-corrected chi connectivity index (χ2v) is 17.2. The number of para-hydroxylation sites is 3. The van der Waals surface area contributed by atoms with E-state index in [1.54, 1.807) is 0 Å². The van der Waals surface area contributed by atoms with Gasteiger partial charge in [-0.25, -0.2) is 19.9 Å². The molecular weight excluding hydrogens is 679 g/mol. The molecule has 1 atom stereocenters. The van der Waals surface area contributed by atoms with Crippen molar-refractivity contribution in [2.45, 2.75) is 0 Å². The van der Waals surface area contributed by atoms with Gasteiger partial charge in [-0.05, 0) is 82.3 Å². The number of aromatic nitrogens is 7. The number of imidazole rings is 1. The SMILES string of the molecule is c1ccc([Si]2(c3cccc(-c4nc(-c5ccc6ncccc6c5)nc(-c5ccc6ncccc6c5)n4)c3)c3ccccc3-n3c2nc2ccccc23)cc1. The minimum absolute atomic E-state index is 0.598. The van der Waals surface area contributed by atoms with E-state index in [-0.39, 0.29) is 0 Å². The molecule has 11 rings (SSSR count). The van der Waals surface area contributed by atoms with Crippen molar-refractivity contribution in [1.82, 2.24) is 34.5 Å². The molecule has 54 heavy (non-hydrogen) atoms. The third kappa shape index (κ3) is 4.60. The van der Waals surface area contributed by atoms with Crippen LogP contribution in [0.25, 0.3) is 72.7 Å². The number of pyridine rings is 2. The van der Waals surface area contributed by atoms with Crippen LogP contribution in [0.4, 0.5) is 0 Å². The van der Waals surface area contributed by atoms with Crippen molar-refractivity contribution in [1.29, 1.82) is 0 Å². The van der Waals surface area contributed by atoms with Gasteiger partial charge >= 0.3 is 0 Å². The lowest BCUT2D eigenvalue weighted by Gasteiger charge is -2.28. The summed E-state index contributed by atoms with van der Waals surface area (Å²) in [5, 5.41) is 5.85. The van der Waals surface area contributed by atoms with Crippen molar-refractivity contribution < 1.29 is 0 Å². The zero-order chi connectivity index (χ0) is 35.6. The smallest absolute Gasteiger partial charge is 0.226 e. The first-order valence-corrected chi connectivity index (χ1v) is 19.9. The second-order valence-electron chi connectivity index (χ2n) is 13.6. The third-order valence-corrected chi connectivity index (χ3v) is 15.2. The molecule has 7 nitrogen and oxygen atoms in total. The van der Waals surface area contributed by atoms with Crippen LogP contribution in [0.15, 0.2) is 176 Å². The molecule has 0 saturated carbocycles. The molecule has 0 saturated heterocycles. The maximum atomic E-state index is 5.45. The molecule has 0 spiro atoms. The zero-order valence-electron chi connectivity index (χ0n) is 28.9. The summed E-state index contributed by atoms with van der Waals surface area (Å²) < 4.78 is 2.39. The van der Waals surface area contributed by atoms with Gasteiger partial charge in [-0.3, -0.25) is 14.5 Å². The average Bonchev–Trinajstić information content (AvgIpc) is 3.77. The van der Waals surface area contributed by atoms with E-state index in [0.717, 1.165) is 55.0 Å². The van der Waals surface area contributed by atoms with Crippen LogP contribution in [0.1, 0.15) is 0 Å². The van der Waals surface area contributed by atoms with E-state index in [4.69, 9.17) is 19.9 Å². The molecule has 6 aromatic carbocycles. The Labute approximate surface area is 311 Å². The summed E-state index contributed by atoms with van der Waals surface area (Å²) in [5.74, 6) is 1.80.